The molecule has 0 radical (unpaired) electrons. The molecule has 0 aliphatic rings. The van der Waals surface area contributed by atoms with Crippen molar-refractivity contribution in [2.75, 3.05) is 19.8 Å². The molecular weight excluding hydrogens is 260 g/mol. The van der Waals surface area contributed by atoms with Gasteiger partial charge in [-0.15, -0.1) is 0 Å². The molecule has 0 rings (SSSR count). The number of aliphatic hydroxyl groups excluding tert-OH is 1. The third-order valence-electron chi connectivity index (χ3n) is 3.57. The van der Waals surface area contributed by atoms with Gasteiger partial charge in [-0.25, -0.2) is 0 Å². The Bertz CT molecular complexity index is 337. The van der Waals surface area contributed by atoms with E-state index in [1.165, 1.54) is 16.7 Å². The van der Waals surface area contributed by atoms with E-state index in [-0.39, 0.29) is 6.61 Å². The third-order valence-corrected chi connectivity index (χ3v) is 3.57. The first-order valence-corrected chi connectivity index (χ1v) is 8.25. The second-order valence-electron chi connectivity index (χ2n) is 5.71. The van der Waals surface area contributed by atoms with E-state index in [0.717, 1.165) is 51.7 Å². The standard InChI is InChI=1S/C19H34O2/c1-5-21-16-8-13-18(3)11-6-9-17(2)10-7-12-19(4)14-15-20/h10-11,14,20H,5-9,12-13,15-16H2,1-4H3. The zero-order valence-corrected chi connectivity index (χ0v) is 14.5. The average Bonchev–Trinajstić information content (AvgIpc) is 2.44. The second kappa shape index (κ2) is 14.1. The van der Waals surface area contributed by atoms with Crippen molar-refractivity contribution in [3.05, 3.63) is 34.9 Å². The second-order valence-corrected chi connectivity index (χ2v) is 5.71. The summed E-state index contributed by atoms with van der Waals surface area (Å²) in [4.78, 5) is 0. The molecule has 0 spiro atoms. The van der Waals surface area contributed by atoms with Crippen LogP contribution in [-0.2, 0) is 4.74 Å². The SMILES string of the molecule is CCOCCCC(C)=CCCC(C)=CCCC(C)=CCO. The smallest absolute Gasteiger partial charge is 0.0614 e. The minimum Gasteiger partial charge on any atom is -0.392 e. The molecule has 2 nitrogen and oxygen atoms in total. The number of hydrogen-bond donors (Lipinski definition) is 1. The highest BCUT2D eigenvalue weighted by molar-refractivity contribution is 5.06. The maximum Gasteiger partial charge on any atom is 0.0614 e. The summed E-state index contributed by atoms with van der Waals surface area (Å²) >= 11 is 0. The zero-order chi connectivity index (χ0) is 15.9. The number of ether oxygens (including phenoxy) is 1. The van der Waals surface area contributed by atoms with Gasteiger partial charge in [-0.1, -0.05) is 34.9 Å². The lowest BCUT2D eigenvalue weighted by Crippen LogP contribution is -1.93. The van der Waals surface area contributed by atoms with Crippen LogP contribution in [0.5, 0.6) is 0 Å². The largest absolute Gasteiger partial charge is 0.392 e. The lowest BCUT2D eigenvalue weighted by atomic mass is 10.1. The van der Waals surface area contributed by atoms with E-state index in [2.05, 4.69) is 32.9 Å². The first-order valence-electron chi connectivity index (χ1n) is 8.25. The maximum atomic E-state index is 8.80. The van der Waals surface area contributed by atoms with Gasteiger partial charge in [-0.2, -0.15) is 0 Å². The van der Waals surface area contributed by atoms with Crippen LogP contribution in [0.15, 0.2) is 34.9 Å². The van der Waals surface area contributed by atoms with Crippen LogP contribution >= 0.6 is 0 Å². The fraction of sp³-hybridized carbons (Fsp3) is 0.684. The van der Waals surface area contributed by atoms with Crippen molar-refractivity contribution in [1.82, 2.24) is 0 Å². The van der Waals surface area contributed by atoms with Crippen molar-refractivity contribution in [3.8, 4) is 0 Å². The molecule has 2 heteroatoms. The summed E-state index contributed by atoms with van der Waals surface area (Å²) in [6.07, 6.45) is 13.2. The molecule has 0 unspecified atom stereocenters. The fourth-order valence-electron chi connectivity index (χ4n) is 2.15. The van der Waals surface area contributed by atoms with Crippen LogP contribution in [-0.4, -0.2) is 24.9 Å². The molecule has 0 bridgehead atoms. The number of rotatable bonds is 12. The molecule has 122 valence electrons. The Morgan fingerprint density at radius 2 is 1.38 bits per heavy atom. The van der Waals surface area contributed by atoms with Crippen LogP contribution in [0.25, 0.3) is 0 Å². The predicted octanol–water partition coefficient (Wildman–Crippen LogP) is 5.19. The fourth-order valence-corrected chi connectivity index (χ4v) is 2.15. The van der Waals surface area contributed by atoms with E-state index in [1.54, 1.807) is 0 Å². The minimum atomic E-state index is 0.155. The van der Waals surface area contributed by atoms with Crippen molar-refractivity contribution in [2.24, 2.45) is 0 Å². The van der Waals surface area contributed by atoms with E-state index in [9.17, 15) is 0 Å². The average molecular weight is 294 g/mol. The molecule has 21 heavy (non-hydrogen) atoms. The minimum absolute atomic E-state index is 0.155. The van der Waals surface area contributed by atoms with Gasteiger partial charge in [0.05, 0.1) is 6.61 Å². The molecule has 0 saturated carbocycles. The molecule has 0 aliphatic heterocycles. The first-order chi connectivity index (χ1) is 10.1. The zero-order valence-electron chi connectivity index (χ0n) is 14.5. The summed E-state index contributed by atoms with van der Waals surface area (Å²) < 4.78 is 5.35. The van der Waals surface area contributed by atoms with Crippen LogP contribution in [0.2, 0.25) is 0 Å². The number of aliphatic hydroxyl groups is 1. The van der Waals surface area contributed by atoms with Crippen LogP contribution < -0.4 is 0 Å². The summed E-state index contributed by atoms with van der Waals surface area (Å²) in [5.41, 5.74) is 4.21. The van der Waals surface area contributed by atoms with Gasteiger partial charge in [0.1, 0.15) is 0 Å². The van der Waals surface area contributed by atoms with Crippen molar-refractivity contribution in [1.29, 1.82) is 0 Å². The quantitative estimate of drug-likeness (QED) is 0.396. The maximum absolute atomic E-state index is 8.80. The van der Waals surface area contributed by atoms with Gasteiger partial charge < -0.3 is 9.84 Å². The molecule has 0 aliphatic carbocycles. The lowest BCUT2D eigenvalue weighted by Gasteiger charge is -2.03. The van der Waals surface area contributed by atoms with Crippen LogP contribution in [0, 0.1) is 0 Å². The van der Waals surface area contributed by atoms with Crippen molar-refractivity contribution >= 4 is 0 Å². The molecule has 0 aromatic rings. The summed E-state index contributed by atoms with van der Waals surface area (Å²) in [7, 11) is 0. The summed E-state index contributed by atoms with van der Waals surface area (Å²) in [6.45, 7) is 10.4. The Labute approximate surface area is 131 Å². The normalized spacial score (nSPS) is 13.9. The molecular formula is C19H34O2. The van der Waals surface area contributed by atoms with Gasteiger partial charge in [0, 0.05) is 13.2 Å². The van der Waals surface area contributed by atoms with E-state index < -0.39 is 0 Å². The highest BCUT2D eigenvalue weighted by Crippen LogP contribution is 2.12. The highest BCUT2D eigenvalue weighted by Gasteiger charge is 1.94. The van der Waals surface area contributed by atoms with Crippen molar-refractivity contribution in [2.45, 2.75) is 66.2 Å². The van der Waals surface area contributed by atoms with E-state index >= 15 is 0 Å². The Hall–Kier alpha value is -0.860. The van der Waals surface area contributed by atoms with E-state index in [0.29, 0.717) is 0 Å². The third kappa shape index (κ3) is 13.9. The monoisotopic (exact) mass is 294 g/mol. The van der Waals surface area contributed by atoms with Crippen LogP contribution in [0.1, 0.15) is 66.2 Å². The first kappa shape index (κ1) is 20.1. The molecule has 0 amide bonds. The van der Waals surface area contributed by atoms with E-state index in [4.69, 9.17) is 9.84 Å². The van der Waals surface area contributed by atoms with Gasteiger partial charge >= 0.3 is 0 Å². The van der Waals surface area contributed by atoms with Gasteiger partial charge in [0.15, 0.2) is 0 Å². The molecule has 0 atom stereocenters. The summed E-state index contributed by atoms with van der Waals surface area (Å²) in [5.74, 6) is 0. The van der Waals surface area contributed by atoms with Gasteiger partial charge in [-0.05, 0) is 66.2 Å². The van der Waals surface area contributed by atoms with E-state index in [1.807, 2.05) is 13.0 Å². The van der Waals surface area contributed by atoms with Gasteiger partial charge in [0.25, 0.3) is 0 Å². The Balaban J connectivity index is 3.80. The highest BCUT2D eigenvalue weighted by atomic mass is 16.5. The molecule has 0 aromatic carbocycles. The number of allylic oxidation sites excluding steroid dienone is 5. The topological polar surface area (TPSA) is 29.5 Å². The Morgan fingerprint density at radius 3 is 1.90 bits per heavy atom. The molecule has 0 fully saturated rings. The summed E-state index contributed by atoms with van der Waals surface area (Å²) in [6, 6.07) is 0. The van der Waals surface area contributed by atoms with Crippen molar-refractivity contribution < 1.29 is 9.84 Å². The Morgan fingerprint density at radius 1 is 0.857 bits per heavy atom. The molecule has 0 saturated heterocycles. The number of hydrogen-bond acceptors (Lipinski definition) is 2. The van der Waals surface area contributed by atoms with Crippen LogP contribution in [0.4, 0.5) is 0 Å². The Kier molecular flexibility index (Phi) is 13.5. The summed E-state index contributed by atoms with van der Waals surface area (Å²) in [5, 5.41) is 8.80. The lowest BCUT2D eigenvalue weighted by molar-refractivity contribution is 0.145. The van der Waals surface area contributed by atoms with Crippen molar-refractivity contribution in [3.63, 3.8) is 0 Å². The van der Waals surface area contributed by atoms with Gasteiger partial charge in [-0.3, -0.25) is 0 Å². The van der Waals surface area contributed by atoms with Crippen LogP contribution in [0.3, 0.4) is 0 Å². The molecule has 0 heterocycles. The van der Waals surface area contributed by atoms with Gasteiger partial charge in [0.2, 0.25) is 0 Å². The molecule has 0 aromatic heterocycles. The molecule has 1 N–H and O–H groups in total. The predicted molar refractivity (Wildman–Crippen MR) is 92.6 cm³/mol.